The minimum atomic E-state index is -0.974. The molecule has 118 valence electrons. The van der Waals surface area contributed by atoms with E-state index in [0.29, 0.717) is 17.3 Å². The number of hydrogen-bond acceptors (Lipinski definition) is 6. The fourth-order valence-electron chi connectivity index (χ4n) is 3.11. The zero-order valence-electron chi connectivity index (χ0n) is 12.0. The molecule has 0 amide bonds. The number of non-ortho nitro benzene ring substituents is 1. The quantitative estimate of drug-likeness (QED) is 0.666. The second-order valence-corrected chi connectivity index (χ2v) is 6.70. The average molecular weight is 325 g/mol. The average Bonchev–Trinajstić information content (AvgIpc) is 2.48. The molecule has 3 rings (SSSR count). The SMILES string of the molecule is C[C@H]1C[C@H]2CSC(N)=N[C@@]2(c2cc([N+](=O)[O-])ccc2F)CO1. The third-order valence-corrected chi connectivity index (χ3v) is 5.21. The molecule has 1 aromatic carbocycles. The largest absolute Gasteiger partial charge is 0.379 e. The number of benzene rings is 1. The number of hydrogen-bond donors (Lipinski definition) is 1. The zero-order valence-corrected chi connectivity index (χ0v) is 12.8. The lowest BCUT2D eigenvalue weighted by molar-refractivity contribution is -0.385. The number of nitro groups is 1. The third kappa shape index (κ3) is 2.46. The van der Waals surface area contributed by atoms with Crippen LogP contribution in [-0.4, -0.2) is 28.6 Å². The second kappa shape index (κ2) is 5.51. The van der Waals surface area contributed by atoms with Gasteiger partial charge in [-0.1, -0.05) is 11.8 Å². The summed E-state index contributed by atoms with van der Waals surface area (Å²) in [6.07, 6.45) is 0.765. The van der Waals surface area contributed by atoms with Gasteiger partial charge in [-0.15, -0.1) is 0 Å². The Labute approximate surface area is 131 Å². The summed E-state index contributed by atoms with van der Waals surface area (Å²) in [6.45, 7) is 2.14. The molecule has 0 radical (unpaired) electrons. The van der Waals surface area contributed by atoms with Crippen LogP contribution in [0.15, 0.2) is 23.2 Å². The lowest BCUT2D eigenvalue weighted by Crippen LogP contribution is -2.49. The number of nitro benzene ring substituents is 1. The van der Waals surface area contributed by atoms with E-state index in [2.05, 4.69) is 4.99 Å². The van der Waals surface area contributed by atoms with Crippen LogP contribution in [0.2, 0.25) is 0 Å². The number of nitrogens with zero attached hydrogens (tertiary/aromatic N) is 2. The standard InChI is InChI=1S/C14H16FN3O3S/c1-8-4-9-6-22-13(16)17-14(9,7-21-8)11-5-10(18(19)20)2-3-12(11)15/h2-3,5,8-9H,4,6-7H2,1H3,(H2,16,17)/t8-,9-,14-/m0/s1. The van der Waals surface area contributed by atoms with Gasteiger partial charge >= 0.3 is 0 Å². The highest BCUT2D eigenvalue weighted by Gasteiger charge is 2.49. The Kier molecular flexibility index (Phi) is 3.82. The van der Waals surface area contributed by atoms with Crippen molar-refractivity contribution in [3.8, 4) is 0 Å². The van der Waals surface area contributed by atoms with E-state index >= 15 is 0 Å². The van der Waals surface area contributed by atoms with Crippen molar-refractivity contribution in [2.45, 2.75) is 25.0 Å². The normalized spacial score (nSPS) is 31.3. The van der Waals surface area contributed by atoms with Crippen molar-refractivity contribution in [3.63, 3.8) is 0 Å². The van der Waals surface area contributed by atoms with Crippen LogP contribution in [0, 0.1) is 21.8 Å². The summed E-state index contributed by atoms with van der Waals surface area (Å²) in [4.78, 5) is 14.9. The van der Waals surface area contributed by atoms with Gasteiger partial charge in [0.1, 0.15) is 11.4 Å². The molecule has 0 aliphatic carbocycles. The van der Waals surface area contributed by atoms with Gasteiger partial charge in [0, 0.05) is 29.4 Å². The summed E-state index contributed by atoms with van der Waals surface area (Å²) < 4.78 is 20.1. The molecular weight excluding hydrogens is 309 g/mol. The summed E-state index contributed by atoms with van der Waals surface area (Å²) >= 11 is 1.43. The molecule has 0 unspecified atom stereocenters. The van der Waals surface area contributed by atoms with E-state index in [0.717, 1.165) is 12.1 Å². The van der Waals surface area contributed by atoms with Crippen LogP contribution in [0.25, 0.3) is 0 Å². The Morgan fingerprint density at radius 2 is 2.36 bits per heavy atom. The van der Waals surface area contributed by atoms with Crippen LogP contribution in [0.5, 0.6) is 0 Å². The van der Waals surface area contributed by atoms with E-state index in [1.807, 2.05) is 6.92 Å². The van der Waals surface area contributed by atoms with Crippen molar-refractivity contribution >= 4 is 22.6 Å². The number of thioether (sulfide) groups is 1. The zero-order chi connectivity index (χ0) is 15.9. The van der Waals surface area contributed by atoms with Gasteiger partial charge in [-0.3, -0.25) is 10.1 Å². The molecule has 1 saturated heterocycles. The van der Waals surface area contributed by atoms with Gasteiger partial charge in [-0.25, -0.2) is 9.38 Å². The third-order valence-electron chi connectivity index (χ3n) is 4.25. The molecule has 1 aromatic rings. The molecule has 2 aliphatic heterocycles. The van der Waals surface area contributed by atoms with Crippen molar-refractivity contribution < 1.29 is 14.1 Å². The first-order valence-electron chi connectivity index (χ1n) is 6.96. The summed E-state index contributed by atoms with van der Waals surface area (Å²) in [5, 5.41) is 11.4. The van der Waals surface area contributed by atoms with E-state index < -0.39 is 16.3 Å². The van der Waals surface area contributed by atoms with Crippen molar-refractivity contribution in [2.75, 3.05) is 12.4 Å². The molecule has 0 bridgehead atoms. The minimum Gasteiger partial charge on any atom is -0.379 e. The maximum atomic E-state index is 14.4. The van der Waals surface area contributed by atoms with Gasteiger partial charge in [0.05, 0.1) is 17.6 Å². The number of nitrogens with two attached hydrogens (primary N) is 1. The van der Waals surface area contributed by atoms with E-state index in [1.165, 1.54) is 17.8 Å². The highest BCUT2D eigenvalue weighted by atomic mass is 32.2. The number of halogens is 1. The number of amidine groups is 1. The Hall–Kier alpha value is -1.67. The summed E-state index contributed by atoms with van der Waals surface area (Å²) in [7, 11) is 0. The molecule has 0 spiro atoms. The van der Waals surface area contributed by atoms with Crippen LogP contribution >= 0.6 is 11.8 Å². The number of ether oxygens (including phenoxy) is 1. The lowest BCUT2D eigenvalue weighted by atomic mass is 9.75. The van der Waals surface area contributed by atoms with E-state index in [4.69, 9.17) is 10.5 Å². The fraction of sp³-hybridized carbons (Fsp3) is 0.500. The predicted octanol–water partition coefficient (Wildman–Crippen LogP) is 2.42. The van der Waals surface area contributed by atoms with Crippen LogP contribution in [0.1, 0.15) is 18.9 Å². The van der Waals surface area contributed by atoms with Crippen molar-refractivity contribution in [2.24, 2.45) is 16.6 Å². The summed E-state index contributed by atoms with van der Waals surface area (Å²) in [6, 6.07) is 3.53. The predicted molar refractivity (Wildman–Crippen MR) is 82.3 cm³/mol. The van der Waals surface area contributed by atoms with E-state index in [-0.39, 0.29) is 29.9 Å². The van der Waals surface area contributed by atoms with Gasteiger partial charge in [-0.05, 0) is 19.4 Å². The lowest BCUT2D eigenvalue weighted by Gasteiger charge is -2.45. The monoisotopic (exact) mass is 325 g/mol. The Morgan fingerprint density at radius 3 is 3.09 bits per heavy atom. The second-order valence-electron chi connectivity index (χ2n) is 5.66. The number of rotatable bonds is 2. The van der Waals surface area contributed by atoms with Crippen molar-refractivity contribution in [3.05, 3.63) is 39.7 Å². The molecule has 3 atom stereocenters. The Balaban J connectivity index is 2.15. The molecule has 0 aromatic heterocycles. The molecule has 2 heterocycles. The molecule has 8 heteroatoms. The first kappa shape index (κ1) is 15.2. The fourth-order valence-corrected chi connectivity index (χ4v) is 4.12. The van der Waals surface area contributed by atoms with Crippen molar-refractivity contribution in [1.29, 1.82) is 0 Å². The number of fused-ring (bicyclic) bond motifs is 1. The smallest absolute Gasteiger partial charge is 0.270 e. The minimum absolute atomic E-state index is 0.0325. The molecule has 2 aliphatic rings. The van der Waals surface area contributed by atoms with Crippen LogP contribution in [0.3, 0.4) is 0 Å². The first-order chi connectivity index (χ1) is 10.4. The molecule has 22 heavy (non-hydrogen) atoms. The molecule has 6 nitrogen and oxygen atoms in total. The van der Waals surface area contributed by atoms with Crippen LogP contribution in [-0.2, 0) is 10.3 Å². The topological polar surface area (TPSA) is 90.8 Å². The van der Waals surface area contributed by atoms with Gasteiger partial charge in [0.2, 0.25) is 0 Å². The van der Waals surface area contributed by atoms with Crippen LogP contribution in [0.4, 0.5) is 10.1 Å². The summed E-state index contributed by atoms with van der Waals surface area (Å²) in [5.74, 6) is 0.216. The maximum Gasteiger partial charge on any atom is 0.270 e. The highest BCUT2D eigenvalue weighted by Crippen LogP contribution is 2.47. The van der Waals surface area contributed by atoms with Gasteiger partial charge in [-0.2, -0.15) is 0 Å². The maximum absolute atomic E-state index is 14.4. The van der Waals surface area contributed by atoms with E-state index in [9.17, 15) is 14.5 Å². The van der Waals surface area contributed by atoms with Crippen molar-refractivity contribution in [1.82, 2.24) is 0 Å². The molecule has 2 N–H and O–H groups in total. The Bertz CT molecular complexity index is 654. The van der Waals surface area contributed by atoms with Crippen LogP contribution < -0.4 is 5.73 Å². The molecular formula is C14H16FN3O3S. The first-order valence-corrected chi connectivity index (χ1v) is 7.95. The molecule has 0 saturated carbocycles. The van der Waals surface area contributed by atoms with Gasteiger partial charge < -0.3 is 10.5 Å². The Morgan fingerprint density at radius 1 is 1.59 bits per heavy atom. The van der Waals surface area contributed by atoms with Gasteiger partial charge in [0.25, 0.3) is 5.69 Å². The highest BCUT2D eigenvalue weighted by molar-refractivity contribution is 8.13. The summed E-state index contributed by atoms with van der Waals surface area (Å²) in [5.41, 5.74) is 4.91. The van der Waals surface area contributed by atoms with Gasteiger partial charge in [0.15, 0.2) is 5.17 Å². The number of aliphatic imine (C=N–C) groups is 1. The molecule has 1 fully saturated rings. The van der Waals surface area contributed by atoms with E-state index in [1.54, 1.807) is 0 Å².